The molecule has 0 radical (unpaired) electrons. The quantitative estimate of drug-likeness (QED) is 0.645. The molecule has 2 heterocycles. The third-order valence-corrected chi connectivity index (χ3v) is 2.57. The van der Waals surface area contributed by atoms with Gasteiger partial charge in [-0.25, -0.2) is 15.0 Å². The molecule has 0 atom stereocenters. The molecular weight excluding hydrogens is 224 g/mol. The van der Waals surface area contributed by atoms with E-state index in [2.05, 4.69) is 15.0 Å². The second-order valence-corrected chi connectivity index (χ2v) is 3.61. The van der Waals surface area contributed by atoms with E-state index >= 15 is 0 Å². The second-order valence-electron chi connectivity index (χ2n) is 3.27. The van der Waals surface area contributed by atoms with Crippen LogP contribution in [-0.4, -0.2) is 19.5 Å². The maximum absolute atomic E-state index is 6.09. The van der Waals surface area contributed by atoms with Crippen LogP contribution in [0.25, 0.3) is 16.9 Å². The van der Waals surface area contributed by atoms with Crippen molar-refractivity contribution in [1.82, 2.24) is 19.5 Å². The summed E-state index contributed by atoms with van der Waals surface area (Å²) in [6.45, 7) is 0. The maximum atomic E-state index is 6.09. The van der Waals surface area contributed by atoms with Crippen molar-refractivity contribution in [2.75, 3.05) is 0 Å². The molecule has 5 heteroatoms. The van der Waals surface area contributed by atoms with E-state index in [1.165, 1.54) is 6.33 Å². The standard InChI is InChI=1S/C11H7ClN4/c12-11-15-8-3-1-2-4-9(8)16(11)10-5-6-13-7-14-10/h1-7H. The second kappa shape index (κ2) is 3.57. The highest BCUT2D eigenvalue weighted by molar-refractivity contribution is 6.29. The van der Waals surface area contributed by atoms with Crippen molar-refractivity contribution in [2.24, 2.45) is 0 Å². The zero-order chi connectivity index (χ0) is 11.0. The molecule has 0 saturated carbocycles. The van der Waals surface area contributed by atoms with Gasteiger partial charge in [0.15, 0.2) is 0 Å². The summed E-state index contributed by atoms with van der Waals surface area (Å²) in [4.78, 5) is 12.3. The van der Waals surface area contributed by atoms with Crippen LogP contribution in [0.5, 0.6) is 0 Å². The highest BCUT2D eigenvalue weighted by Crippen LogP contribution is 2.22. The Labute approximate surface area is 96.6 Å². The lowest BCUT2D eigenvalue weighted by Crippen LogP contribution is -1.97. The smallest absolute Gasteiger partial charge is 0.209 e. The number of rotatable bonds is 1. The van der Waals surface area contributed by atoms with Crippen LogP contribution in [0.3, 0.4) is 0 Å². The number of nitrogens with zero attached hydrogens (tertiary/aromatic N) is 4. The van der Waals surface area contributed by atoms with E-state index in [-0.39, 0.29) is 0 Å². The predicted octanol–water partition coefficient (Wildman–Crippen LogP) is 2.47. The Balaban J connectivity index is 2.35. The van der Waals surface area contributed by atoms with Crippen molar-refractivity contribution in [3.63, 3.8) is 0 Å². The Kier molecular flexibility index (Phi) is 2.08. The van der Waals surface area contributed by atoms with E-state index in [1.54, 1.807) is 16.8 Å². The molecule has 0 bridgehead atoms. The van der Waals surface area contributed by atoms with E-state index in [1.807, 2.05) is 24.3 Å². The van der Waals surface area contributed by atoms with Crippen molar-refractivity contribution in [3.8, 4) is 5.82 Å². The Morgan fingerprint density at radius 1 is 1.12 bits per heavy atom. The topological polar surface area (TPSA) is 43.6 Å². The van der Waals surface area contributed by atoms with Crippen molar-refractivity contribution >= 4 is 22.6 Å². The van der Waals surface area contributed by atoms with Gasteiger partial charge in [0, 0.05) is 6.20 Å². The highest BCUT2D eigenvalue weighted by Gasteiger charge is 2.10. The van der Waals surface area contributed by atoms with Gasteiger partial charge in [0.1, 0.15) is 12.1 Å². The van der Waals surface area contributed by atoms with Gasteiger partial charge >= 0.3 is 0 Å². The summed E-state index contributed by atoms with van der Waals surface area (Å²) in [6, 6.07) is 9.53. The molecule has 1 aromatic carbocycles. The monoisotopic (exact) mass is 230 g/mol. The highest BCUT2D eigenvalue weighted by atomic mass is 35.5. The lowest BCUT2D eigenvalue weighted by molar-refractivity contribution is 0.995. The molecule has 0 N–H and O–H groups in total. The van der Waals surface area contributed by atoms with E-state index in [4.69, 9.17) is 11.6 Å². The van der Waals surface area contributed by atoms with E-state index in [0.29, 0.717) is 11.1 Å². The van der Waals surface area contributed by atoms with Crippen LogP contribution in [0, 0.1) is 0 Å². The molecule has 3 aromatic rings. The van der Waals surface area contributed by atoms with E-state index in [9.17, 15) is 0 Å². The minimum Gasteiger partial charge on any atom is -0.267 e. The zero-order valence-electron chi connectivity index (χ0n) is 8.21. The third-order valence-electron chi connectivity index (χ3n) is 2.32. The largest absolute Gasteiger partial charge is 0.267 e. The zero-order valence-corrected chi connectivity index (χ0v) is 8.96. The molecule has 0 amide bonds. The van der Waals surface area contributed by atoms with Crippen molar-refractivity contribution < 1.29 is 0 Å². The van der Waals surface area contributed by atoms with Crippen LogP contribution in [-0.2, 0) is 0 Å². The fourth-order valence-corrected chi connectivity index (χ4v) is 1.90. The molecule has 2 aromatic heterocycles. The summed E-state index contributed by atoms with van der Waals surface area (Å²) in [7, 11) is 0. The van der Waals surface area contributed by atoms with Gasteiger partial charge in [-0.2, -0.15) is 0 Å². The predicted molar refractivity (Wildman–Crippen MR) is 61.7 cm³/mol. The Hall–Kier alpha value is -1.94. The van der Waals surface area contributed by atoms with Crippen LogP contribution in [0.15, 0.2) is 42.9 Å². The van der Waals surface area contributed by atoms with Gasteiger partial charge in [0.2, 0.25) is 5.28 Å². The van der Waals surface area contributed by atoms with Gasteiger partial charge in [-0.1, -0.05) is 12.1 Å². The van der Waals surface area contributed by atoms with Gasteiger partial charge in [-0.15, -0.1) is 0 Å². The normalized spacial score (nSPS) is 10.8. The van der Waals surface area contributed by atoms with Gasteiger partial charge in [0.25, 0.3) is 0 Å². The molecule has 4 nitrogen and oxygen atoms in total. The first kappa shape index (κ1) is 9.30. The van der Waals surface area contributed by atoms with Gasteiger partial charge in [0.05, 0.1) is 11.0 Å². The Bertz CT molecular complexity index is 633. The number of fused-ring (bicyclic) bond motifs is 1. The summed E-state index contributed by atoms with van der Waals surface area (Å²) >= 11 is 6.09. The van der Waals surface area contributed by atoms with Crippen LogP contribution in [0.2, 0.25) is 5.28 Å². The van der Waals surface area contributed by atoms with Gasteiger partial charge < -0.3 is 0 Å². The Morgan fingerprint density at radius 3 is 2.81 bits per heavy atom. The number of benzene rings is 1. The summed E-state index contributed by atoms with van der Waals surface area (Å²) < 4.78 is 1.79. The molecule has 0 saturated heterocycles. The van der Waals surface area contributed by atoms with Crippen LogP contribution in [0.1, 0.15) is 0 Å². The summed E-state index contributed by atoms with van der Waals surface area (Å²) in [6.07, 6.45) is 3.16. The molecule has 0 aliphatic rings. The van der Waals surface area contributed by atoms with E-state index < -0.39 is 0 Å². The molecule has 0 aliphatic carbocycles. The fraction of sp³-hybridized carbons (Fsp3) is 0. The minimum atomic E-state index is 0.403. The van der Waals surface area contributed by atoms with Gasteiger partial charge in [-0.3, -0.25) is 4.57 Å². The number of hydrogen-bond acceptors (Lipinski definition) is 3. The average molecular weight is 231 g/mol. The van der Waals surface area contributed by atoms with Gasteiger partial charge in [-0.05, 0) is 29.8 Å². The molecule has 16 heavy (non-hydrogen) atoms. The molecule has 0 spiro atoms. The third kappa shape index (κ3) is 1.35. The number of halogens is 1. The number of imidazole rings is 1. The number of aromatic nitrogens is 4. The number of para-hydroxylation sites is 2. The van der Waals surface area contributed by atoms with E-state index in [0.717, 1.165) is 11.0 Å². The Morgan fingerprint density at radius 2 is 2.00 bits per heavy atom. The van der Waals surface area contributed by atoms with Crippen LogP contribution < -0.4 is 0 Å². The fourth-order valence-electron chi connectivity index (χ4n) is 1.63. The molecule has 78 valence electrons. The van der Waals surface area contributed by atoms with Crippen LogP contribution in [0.4, 0.5) is 0 Å². The molecule has 0 fully saturated rings. The van der Waals surface area contributed by atoms with Crippen molar-refractivity contribution in [3.05, 3.63) is 48.1 Å². The van der Waals surface area contributed by atoms with Crippen LogP contribution >= 0.6 is 11.6 Å². The SMILES string of the molecule is Clc1nc2ccccc2n1-c1ccncn1. The number of hydrogen-bond donors (Lipinski definition) is 0. The summed E-state index contributed by atoms with van der Waals surface area (Å²) in [5.41, 5.74) is 1.79. The lowest BCUT2D eigenvalue weighted by Gasteiger charge is -2.02. The lowest BCUT2D eigenvalue weighted by atomic mass is 10.3. The first-order valence-corrected chi connectivity index (χ1v) is 5.13. The van der Waals surface area contributed by atoms with Crippen molar-refractivity contribution in [1.29, 1.82) is 0 Å². The molecule has 0 unspecified atom stereocenters. The summed E-state index contributed by atoms with van der Waals surface area (Å²) in [5.74, 6) is 0.716. The summed E-state index contributed by atoms with van der Waals surface area (Å²) in [5, 5.41) is 0.403. The van der Waals surface area contributed by atoms with Crippen molar-refractivity contribution in [2.45, 2.75) is 0 Å². The minimum absolute atomic E-state index is 0.403. The molecule has 3 rings (SSSR count). The molecule has 0 aliphatic heterocycles. The first-order chi connectivity index (χ1) is 7.86. The maximum Gasteiger partial charge on any atom is 0.209 e. The average Bonchev–Trinajstić information content (AvgIpc) is 2.66. The first-order valence-electron chi connectivity index (χ1n) is 4.75. The molecular formula is C11H7ClN4.